The van der Waals surface area contributed by atoms with E-state index in [2.05, 4.69) is 11.2 Å². The summed E-state index contributed by atoms with van der Waals surface area (Å²) in [7, 11) is 1.93. The number of halogens is 2. The Hall–Kier alpha value is -1.55. The summed E-state index contributed by atoms with van der Waals surface area (Å²) in [6, 6.07) is 13.4. The Labute approximate surface area is 133 Å². The summed E-state index contributed by atoms with van der Waals surface area (Å²) in [5, 5.41) is 6.73. The van der Waals surface area contributed by atoms with Crippen LogP contribution in [0.15, 0.2) is 42.5 Å². The van der Waals surface area contributed by atoms with Gasteiger partial charge in [-0.05, 0) is 17.7 Å². The summed E-state index contributed by atoms with van der Waals surface area (Å²) in [5.74, 6) is 0. The van der Waals surface area contributed by atoms with Gasteiger partial charge in [0.15, 0.2) is 0 Å². The predicted octanol–water partition coefficient (Wildman–Crippen LogP) is 4.12. The minimum atomic E-state index is -0.241. The van der Waals surface area contributed by atoms with Gasteiger partial charge in [0.2, 0.25) is 0 Å². The van der Waals surface area contributed by atoms with Crippen LogP contribution in [0, 0.1) is 0 Å². The van der Waals surface area contributed by atoms with E-state index in [1.807, 2.05) is 42.1 Å². The van der Waals surface area contributed by atoms with E-state index in [0.717, 1.165) is 22.2 Å². The average molecular weight is 320 g/mol. The van der Waals surface area contributed by atoms with Crippen molar-refractivity contribution < 1.29 is 0 Å². The molecule has 2 N–H and O–H groups in total. The van der Waals surface area contributed by atoms with Crippen LogP contribution in [0.5, 0.6) is 0 Å². The number of para-hydroxylation sites is 1. The Kier molecular flexibility index (Phi) is 3.89. The molecule has 0 spiro atoms. The van der Waals surface area contributed by atoms with Gasteiger partial charge >= 0.3 is 0 Å². The Balaban J connectivity index is 1.97. The minimum Gasteiger partial charge on any atom is -0.324 e. The van der Waals surface area contributed by atoms with Crippen LogP contribution in [0.4, 0.5) is 0 Å². The van der Waals surface area contributed by atoms with Crippen LogP contribution in [0.1, 0.15) is 17.3 Å². The molecular formula is C16H15Cl2N3. The van der Waals surface area contributed by atoms with E-state index in [1.165, 1.54) is 0 Å². The van der Waals surface area contributed by atoms with Crippen LogP contribution < -0.4 is 5.73 Å². The van der Waals surface area contributed by atoms with Crippen molar-refractivity contribution in [2.24, 2.45) is 12.8 Å². The number of fused-ring (bicyclic) bond motifs is 1. The van der Waals surface area contributed by atoms with Gasteiger partial charge in [0.25, 0.3) is 0 Å². The third kappa shape index (κ3) is 2.64. The molecular weight excluding hydrogens is 305 g/mol. The molecule has 0 saturated heterocycles. The van der Waals surface area contributed by atoms with Gasteiger partial charge in [-0.3, -0.25) is 4.68 Å². The van der Waals surface area contributed by atoms with Gasteiger partial charge in [-0.2, -0.15) is 5.10 Å². The SMILES string of the molecule is Cn1nc(CC(N)c2cccc(Cl)c2Cl)c2ccccc21. The normalized spacial score (nSPS) is 12.8. The van der Waals surface area contributed by atoms with Crippen molar-refractivity contribution in [3.8, 4) is 0 Å². The minimum absolute atomic E-state index is 0.241. The van der Waals surface area contributed by atoms with Crippen molar-refractivity contribution >= 4 is 34.1 Å². The molecule has 3 nitrogen and oxygen atoms in total. The number of hydrogen-bond acceptors (Lipinski definition) is 2. The highest BCUT2D eigenvalue weighted by molar-refractivity contribution is 6.42. The topological polar surface area (TPSA) is 43.8 Å². The first-order chi connectivity index (χ1) is 10.1. The van der Waals surface area contributed by atoms with Crippen LogP contribution in [-0.4, -0.2) is 9.78 Å². The summed E-state index contributed by atoms with van der Waals surface area (Å²) in [6.45, 7) is 0. The van der Waals surface area contributed by atoms with Crippen molar-refractivity contribution in [2.45, 2.75) is 12.5 Å². The maximum absolute atomic E-state index is 6.30. The van der Waals surface area contributed by atoms with Crippen molar-refractivity contribution in [1.82, 2.24) is 9.78 Å². The van der Waals surface area contributed by atoms with Crippen molar-refractivity contribution in [2.75, 3.05) is 0 Å². The van der Waals surface area contributed by atoms with E-state index in [0.29, 0.717) is 16.5 Å². The molecule has 0 radical (unpaired) electrons. The molecule has 0 saturated carbocycles. The quantitative estimate of drug-likeness (QED) is 0.789. The molecule has 3 aromatic rings. The van der Waals surface area contributed by atoms with Crippen LogP contribution in [-0.2, 0) is 13.5 Å². The lowest BCUT2D eigenvalue weighted by molar-refractivity contribution is 0.682. The van der Waals surface area contributed by atoms with E-state index < -0.39 is 0 Å². The Bertz CT molecular complexity index is 795. The molecule has 0 aliphatic heterocycles. The number of nitrogens with zero attached hydrogens (tertiary/aromatic N) is 2. The van der Waals surface area contributed by atoms with Crippen LogP contribution in [0.2, 0.25) is 10.0 Å². The van der Waals surface area contributed by atoms with Crippen molar-refractivity contribution in [3.63, 3.8) is 0 Å². The van der Waals surface area contributed by atoms with Crippen molar-refractivity contribution in [1.29, 1.82) is 0 Å². The molecule has 0 aliphatic rings. The van der Waals surface area contributed by atoms with Gasteiger partial charge in [-0.15, -0.1) is 0 Å². The molecule has 2 aromatic carbocycles. The zero-order valence-corrected chi connectivity index (χ0v) is 13.1. The lowest BCUT2D eigenvalue weighted by atomic mass is 10.0. The molecule has 0 aliphatic carbocycles. The second-order valence-corrected chi connectivity index (χ2v) is 5.83. The number of rotatable bonds is 3. The zero-order valence-electron chi connectivity index (χ0n) is 11.6. The maximum Gasteiger partial charge on any atom is 0.0722 e. The van der Waals surface area contributed by atoms with Gasteiger partial charge < -0.3 is 5.73 Å². The summed E-state index contributed by atoms with van der Waals surface area (Å²) in [6.07, 6.45) is 0.613. The summed E-state index contributed by atoms with van der Waals surface area (Å²) < 4.78 is 1.87. The summed E-state index contributed by atoms with van der Waals surface area (Å²) >= 11 is 12.3. The molecule has 1 heterocycles. The molecule has 5 heteroatoms. The third-order valence-corrected chi connectivity index (χ3v) is 4.46. The Morgan fingerprint density at radius 1 is 1.14 bits per heavy atom. The summed E-state index contributed by atoms with van der Waals surface area (Å²) in [4.78, 5) is 0. The van der Waals surface area contributed by atoms with E-state index in [4.69, 9.17) is 28.9 Å². The molecule has 0 bridgehead atoms. The molecule has 3 rings (SSSR count). The van der Waals surface area contributed by atoms with Gasteiger partial charge in [0.05, 0.1) is 21.3 Å². The molecule has 1 unspecified atom stereocenters. The van der Waals surface area contributed by atoms with Gasteiger partial charge in [-0.25, -0.2) is 0 Å². The van der Waals surface area contributed by atoms with E-state index in [1.54, 1.807) is 6.07 Å². The zero-order chi connectivity index (χ0) is 15.0. The molecule has 0 fully saturated rings. The fourth-order valence-electron chi connectivity index (χ4n) is 2.56. The first-order valence-corrected chi connectivity index (χ1v) is 7.43. The lowest BCUT2D eigenvalue weighted by Crippen LogP contribution is -2.14. The highest BCUT2D eigenvalue weighted by atomic mass is 35.5. The smallest absolute Gasteiger partial charge is 0.0722 e. The fraction of sp³-hybridized carbons (Fsp3) is 0.188. The van der Waals surface area contributed by atoms with Crippen molar-refractivity contribution in [3.05, 3.63) is 63.8 Å². The van der Waals surface area contributed by atoms with Gasteiger partial charge in [0, 0.05) is 24.9 Å². The highest BCUT2D eigenvalue weighted by Gasteiger charge is 2.16. The molecule has 1 aromatic heterocycles. The lowest BCUT2D eigenvalue weighted by Gasteiger charge is -2.13. The number of benzene rings is 2. The molecule has 1 atom stereocenters. The first-order valence-electron chi connectivity index (χ1n) is 6.68. The number of aromatic nitrogens is 2. The predicted molar refractivity (Wildman–Crippen MR) is 87.8 cm³/mol. The fourth-order valence-corrected chi connectivity index (χ4v) is 3.01. The second kappa shape index (κ2) is 5.68. The third-order valence-electron chi connectivity index (χ3n) is 3.63. The van der Waals surface area contributed by atoms with Crippen LogP contribution in [0.25, 0.3) is 10.9 Å². The average Bonchev–Trinajstić information content (AvgIpc) is 2.79. The van der Waals surface area contributed by atoms with Gasteiger partial charge in [-0.1, -0.05) is 53.5 Å². The van der Waals surface area contributed by atoms with E-state index in [-0.39, 0.29) is 6.04 Å². The maximum atomic E-state index is 6.30. The Morgan fingerprint density at radius 2 is 1.90 bits per heavy atom. The van der Waals surface area contributed by atoms with Crippen LogP contribution >= 0.6 is 23.2 Å². The molecule has 21 heavy (non-hydrogen) atoms. The monoisotopic (exact) mass is 319 g/mol. The van der Waals surface area contributed by atoms with Crippen LogP contribution in [0.3, 0.4) is 0 Å². The number of aryl methyl sites for hydroxylation is 1. The van der Waals surface area contributed by atoms with Gasteiger partial charge in [0.1, 0.15) is 0 Å². The number of hydrogen-bond donors (Lipinski definition) is 1. The first kappa shape index (κ1) is 14.4. The molecule has 0 amide bonds. The number of nitrogens with two attached hydrogens (primary N) is 1. The van der Waals surface area contributed by atoms with E-state index >= 15 is 0 Å². The largest absolute Gasteiger partial charge is 0.324 e. The Morgan fingerprint density at radius 3 is 2.71 bits per heavy atom. The standard InChI is InChI=1S/C16H15Cl2N3/c1-21-15-8-3-2-5-11(15)14(20-21)9-13(19)10-6-4-7-12(17)16(10)18/h2-8,13H,9,19H2,1H3. The second-order valence-electron chi connectivity index (χ2n) is 5.04. The van der Waals surface area contributed by atoms with E-state index in [9.17, 15) is 0 Å². The highest BCUT2D eigenvalue weighted by Crippen LogP contribution is 2.31. The molecule has 108 valence electrons. The summed E-state index contributed by atoms with van der Waals surface area (Å²) in [5.41, 5.74) is 9.21.